The molecule has 1 nitrogen and oxygen atoms in total. The Morgan fingerprint density at radius 3 is 1.58 bits per heavy atom. The molecule has 74 valence electrons. The number of nitrogens with zero attached hydrogens (tertiary/aromatic N) is 1. The number of halogens is 3. The van der Waals surface area contributed by atoms with Crippen LogP contribution in [-0.4, -0.2) is 4.98 Å². The minimum atomic E-state index is -1.79. The van der Waals surface area contributed by atoms with Crippen molar-refractivity contribution in [2.75, 3.05) is 0 Å². The van der Waals surface area contributed by atoms with E-state index in [0.717, 1.165) is 11.4 Å². The second-order valence-electron chi connectivity index (χ2n) is 2.05. The van der Waals surface area contributed by atoms with Crippen LogP contribution in [0.15, 0.2) is 18.2 Å². The molecule has 1 heterocycles. The van der Waals surface area contributed by atoms with Gasteiger partial charge in [0.15, 0.2) is 0 Å². The van der Waals surface area contributed by atoms with Gasteiger partial charge in [-0.1, -0.05) is 6.07 Å². The van der Waals surface area contributed by atoms with Crippen LogP contribution in [0.5, 0.6) is 0 Å². The van der Waals surface area contributed by atoms with E-state index >= 15 is 0 Å². The van der Waals surface area contributed by atoms with Gasteiger partial charge in [-0.25, -0.2) is 0 Å². The molecule has 0 unspecified atom stereocenters. The average molecular weight is 410 g/mol. The molecular weight excluding hydrogens is 401 g/mol. The standard InChI is InChI=1S/C7H9N.Au.3ClH/c1-6-4-3-5-7(2)8-6;;;;/h3-5H,1-2H3;;3*1H/q;+3;;;/p-3. The zero-order valence-corrected chi connectivity index (χ0v) is 11.0. The molecule has 0 aliphatic carbocycles. The van der Waals surface area contributed by atoms with E-state index in [0.29, 0.717) is 0 Å². The molecule has 0 amide bonds. The number of pyridine rings is 1. The fourth-order valence-electron chi connectivity index (χ4n) is 0.679. The molecular formula is C7H9AuCl3N. The second kappa shape index (κ2) is 7.19. The Morgan fingerprint density at radius 1 is 1.08 bits per heavy atom. The maximum absolute atomic E-state index is 4.95. The Bertz CT molecular complexity index is 210. The summed E-state index contributed by atoms with van der Waals surface area (Å²) >= 11 is -1.79. The summed E-state index contributed by atoms with van der Waals surface area (Å²) in [7, 11) is 14.9. The quantitative estimate of drug-likeness (QED) is 0.594. The fourth-order valence-corrected chi connectivity index (χ4v) is 0.679. The first-order chi connectivity index (χ1) is 5.52. The third-order valence-corrected chi connectivity index (χ3v) is 1.03. The second-order valence-corrected chi connectivity index (χ2v) is 11.4. The molecule has 1 rings (SSSR count). The maximum atomic E-state index is 4.95. The SMILES string of the molecule is Cc1cccc(C)n1.[Cl][Au]([Cl])[Cl]. The molecule has 0 bridgehead atoms. The molecule has 12 heavy (non-hydrogen) atoms. The first-order valence-corrected chi connectivity index (χ1v) is 11.1. The van der Waals surface area contributed by atoms with Crippen molar-refractivity contribution in [3.05, 3.63) is 29.6 Å². The van der Waals surface area contributed by atoms with Gasteiger partial charge in [-0.05, 0) is 26.0 Å². The van der Waals surface area contributed by atoms with Gasteiger partial charge < -0.3 is 0 Å². The van der Waals surface area contributed by atoms with E-state index in [-0.39, 0.29) is 0 Å². The summed E-state index contributed by atoms with van der Waals surface area (Å²) in [5.41, 5.74) is 2.18. The molecule has 0 fully saturated rings. The van der Waals surface area contributed by atoms with Crippen LogP contribution < -0.4 is 0 Å². The van der Waals surface area contributed by atoms with Gasteiger partial charge in [0, 0.05) is 11.4 Å². The molecule has 0 saturated heterocycles. The van der Waals surface area contributed by atoms with Gasteiger partial charge in [0.25, 0.3) is 0 Å². The van der Waals surface area contributed by atoms with Gasteiger partial charge in [-0.15, -0.1) is 0 Å². The third kappa shape index (κ3) is 8.85. The Kier molecular flexibility index (Phi) is 7.65. The van der Waals surface area contributed by atoms with E-state index < -0.39 is 15.2 Å². The predicted octanol–water partition coefficient (Wildman–Crippen LogP) is 3.76. The van der Waals surface area contributed by atoms with Crippen molar-refractivity contribution >= 4 is 27.6 Å². The van der Waals surface area contributed by atoms with Crippen LogP contribution >= 0.6 is 27.6 Å². The van der Waals surface area contributed by atoms with Crippen molar-refractivity contribution in [2.45, 2.75) is 13.8 Å². The summed E-state index contributed by atoms with van der Waals surface area (Å²) < 4.78 is 0. The van der Waals surface area contributed by atoms with E-state index in [1.807, 2.05) is 32.0 Å². The molecule has 0 spiro atoms. The summed E-state index contributed by atoms with van der Waals surface area (Å²) in [5, 5.41) is 0. The Morgan fingerprint density at radius 2 is 1.42 bits per heavy atom. The van der Waals surface area contributed by atoms with Crippen LogP contribution in [0.25, 0.3) is 0 Å². The van der Waals surface area contributed by atoms with E-state index in [2.05, 4.69) is 4.98 Å². The molecule has 0 saturated carbocycles. The monoisotopic (exact) mass is 409 g/mol. The van der Waals surface area contributed by atoms with Crippen molar-refractivity contribution in [3.8, 4) is 0 Å². The average Bonchev–Trinajstić information content (AvgIpc) is 1.84. The molecule has 5 heteroatoms. The predicted molar refractivity (Wildman–Crippen MR) is 51.3 cm³/mol. The number of rotatable bonds is 0. The van der Waals surface area contributed by atoms with E-state index in [9.17, 15) is 0 Å². The van der Waals surface area contributed by atoms with E-state index in [4.69, 9.17) is 27.6 Å². The number of hydrogen-bond donors (Lipinski definition) is 0. The van der Waals surface area contributed by atoms with Crippen molar-refractivity contribution in [1.29, 1.82) is 0 Å². The Balaban J connectivity index is 0.000000261. The minimum absolute atomic E-state index is 1.09. The van der Waals surface area contributed by atoms with Gasteiger partial charge >= 0.3 is 42.8 Å². The van der Waals surface area contributed by atoms with Crippen molar-refractivity contribution in [3.63, 3.8) is 0 Å². The topological polar surface area (TPSA) is 12.9 Å². The molecule has 0 aromatic carbocycles. The molecule has 0 atom stereocenters. The van der Waals surface area contributed by atoms with E-state index in [1.54, 1.807) is 0 Å². The molecule has 0 aliphatic rings. The van der Waals surface area contributed by atoms with Gasteiger partial charge in [0.05, 0.1) is 0 Å². The molecule has 1 aromatic heterocycles. The summed E-state index contributed by atoms with van der Waals surface area (Å²) in [5.74, 6) is 0. The zero-order valence-electron chi connectivity index (χ0n) is 6.61. The first kappa shape index (κ1) is 12.8. The number of aromatic nitrogens is 1. The van der Waals surface area contributed by atoms with Crippen molar-refractivity contribution in [2.24, 2.45) is 0 Å². The summed E-state index contributed by atoms with van der Waals surface area (Å²) in [6.45, 7) is 3.99. The summed E-state index contributed by atoms with van der Waals surface area (Å²) in [6.07, 6.45) is 0. The van der Waals surface area contributed by atoms with Crippen LogP contribution in [0.1, 0.15) is 11.4 Å². The molecule has 1 aromatic rings. The number of aryl methyl sites for hydroxylation is 2. The summed E-state index contributed by atoms with van der Waals surface area (Å²) in [6, 6.07) is 6.00. The van der Waals surface area contributed by atoms with Crippen LogP contribution in [0.3, 0.4) is 0 Å². The van der Waals surface area contributed by atoms with Gasteiger partial charge in [0.2, 0.25) is 0 Å². The van der Waals surface area contributed by atoms with Crippen LogP contribution in [0, 0.1) is 13.8 Å². The Hall–Kier alpha value is 0.760. The Labute approximate surface area is 90.6 Å². The van der Waals surface area contributed by atoms with Crippen molar-refractivity contribution in [1.82, 2.24) is 4.98 Å². The first-order valence-electron chi connectivity index (χ1n) is 3.03. The normalized spacial score (nSPS) is 9.92. The van der Waals surface area contributed by atoms with Gasteiger partial charge in [-0.2, -0.15) is 0 Å². The van der Waals surface area contributed by atoms with Crippen LogP contribution in [0.2, 0.25) is 0 Å². The zero-order chi connectivity index (χ0) is 9.56. The molecule has 0 radical (unpaired) electrons. The third-order valence-electron chi connectivity index (χ3n) is 1.03. The van der Waals surface area contributed by atoms with E-state index in [1.165, 1.54) is 0 Å². The fraction of sp³-hybridized carbons (Fsp3) is 0.286. The molecule has 0 aliphatic heterocycles. The van der Waals surface area contributed by atoms with Gasteiger partial charge in [0.1, 0.15) is 0 Å². The van der Waals surface area contributed by atoms with Gasteiger partial charge in [-0.3, -0.25) is 4.98 Å². The van der Waals surface area contributed by atoms with Crippen LogP contribution in [0.4, 0.5) is 0 Å². The van der Waals surface area contributed by atoms with Crippen molar-refractivity contribution < 1.29 is 15.2 Å². The summed E-state index contributed by atoms with van der Waals surface area (Å²) in [4.78, 5) is 4.17. The molecule has 0 N–H and O–H groups in total. The van der Waals surface area contributed by atoms with Crippen LogP contribution in [-0.2, 0) is 15.2 Å². The number of hydrogen-bond acceptors (Lipinski definition) is 1.